The summed E-state index contributed by atoms with van der Waals surface area (Å²) < 4.78 is 10.8. The predicted molar refractivity (Wildman–Crippen MR) is 76.7 cm³/mol. The molecule has 0 aromatic rings. The second kappa shape index (κ2) is 6.12. The van der Waals surface area contributed by atoms with E-state index in [-0.39, 0.29) is 17.6 Å². The Morgan fingerprint density at radius 2 is 2.19 bits per heavy atom. The molecule has 3 rings (SSSR count). The predicted octanol–water partition coefficient (Wildman–Crippen LogP) is 1.29. The van der Waals surface area contributed by atoms with Crippen molar-refractivity contribution in [3.8, 4) is 0 Å². The molecule has 0 aromatic heterocycles. The molecular formula is C16H21NO4. The largest absolute Gasteiger partial charge is 0.379 e. The van der Waals surface area contributed by atoms with Gasteiger partial charge in [0.05, 0.1) is 19.3 Å². The van der Waals surface area contributed by atoms with Crippen LogP contribution in [-0.4, -0.2) is 43.5 Å². The van der Waals surface area contributed by atoms with Crippen molar-refractivity contribution in [2.24, 2.45) is 0 Å². The zero-order valence-electron chi connectivity index (χ0n) is 12.3. The van der Waals surface area contributed by atoms with Gasteiger partial charge < -0.3 is 14.8 Å². The standard InChI is InChI=1S/C16H21NO4/c1-2-20-6-7-21-15-9-12-10(8-14(15)19)16-11(17-12)4-3-5-13(16)18/h9,11,15,17H,2-8H2,1H3. The van der Waals surface area contributed by atoms with Gasteiger partial charge in [-0.15, -0.1) is 0 Å². The summed E-state index contributed by atoms with van der Waals surface area (Å²) in [6.07, 6.45) is 4.09. The highest BCUT2D eigenvalue weighted by Crippen LogP contribution is 2.37. The molecule has 3 aliphatic rings. The van der Waals surface area contributed by atoms with E-state index in [4.69, 9.17) is 9.47 Å². The molecule has 0 amide bonds. The molecule has 114 valence electrons. The van der Waals surface area contributed by atoms with Crippen LogP contribution in [-0.2, 0) is 19.1 Å². The van der Waals surface area contributed by atoms with Gasteiger partial charge in [0.25, 0.3) is 0 Å². The second-order valence-corrected chi connectivity index (χ2v) is 5.62. The third-order valence-corrected chi connectivity index (χ3v) is 4.24. The van der Waals surface area contributed by atoms with E-state index in [1.165, 1.54) is 0 Å². The number of allylic oxidation sites excluding steroid dienone is 1. The third kappa shape index (κ3) is 2.80. The van der Waals surface area contributed by atoms with E-state index in [2.05, 4.69) is 5.32 Å². The van der Waals surface area contributed by atoms with Crippen molar-refractivity contribution in [1.82, 2.24) is 5.32 Å². The number of fused-ring (bicyclic) bond motifs is 2. The molecule has 0 spiro atoms. The van der Waals surface area contributed by atoms with Crippen LogP contribution < -0.4 is 5.32 Å². The summed E-state index contributed by atoms with van der Waals surface area (Å²) in [5.74, 6) is 0.222. The molecule has 0 aromatic carbocycles. The van der Waals surface area contributed by atoms with Crippen molar-refractivity contribution in [3.05, 3.63) is 22.9 Å². The van der Waals surface area contributed by atoms with E-state index in [9.17, 15) is 9.59 Å². The molecule has 2 atom stereocenters. The van der Waals surface area contributed by atoms with E-state index < -0.39 is 6.10 Å². The molecular weight excluding hydrogens is 270 g/mol. The van der Waals surface area contributed by atoms with Crippen LogP contribution in [0.15, 0.2) is 22.9 Å². The van der Waals surface area contributed by atoms with Crippen molar-refractivity contribution in [3.63, 3.8) is 0 Å². The number of hydrogen-bond donors (Lipinski definition) is 1. The van der Waals surface area contributed by atoms with Crippen LogP contribution in [0.3, 0.4) is 0 Å². The molecule has 1 N–H and O–H groups in total. The number of carbonyl (C=O) groups excluding carboxylic acids is 2. The molecule has 2 unspecified atom stereocenters. The van der Waals surface area contributed by atoms with Gasteiger partial charge in [-0.1, -0.05) is 0 Å². The van der Waals surface area contributed by atoms with Crippen molar-refractivity contribution < 1.29 is 19.1 Å². The Balaban J connectivity index is 1.74. The fourth-order valence-electron chi connectivity index (χ4n) is 3.26. The summed E-state index contributed by atoms with van der Waals surface area (Å²) in [6, 6.07) is 0.0995. The summed E-state index contributed by atoms with van der Waals surface area (Å²) in [5.41, 5.74) is 2.67. The maximum Gasteiger partial charge on any atom is 0.170 e. The zero-order chi connectivity index (χ0) is 14.8. The number of ether oxygens (including phenoxy) is 2. The van der Waals surface area contributed by atoms with Crippen molar-refractivity contribution >= 4 is 11.6 Å². The summed E-state index contributed by atoms with van der Waals surface area (Å²) in [7, 11) is 0. The first-order valence-corrected chi connectivity index (χ1v) is 7.67. The zero-order valence-corrected chi connectivity index (χ0v) is 12.3. The fourth-order valence-corrected chi connectivity index (χ4v) is 3.26. The summed E-state index contributed by atoms with van der Waals surface area (Å²) in [5, 5.41) is 3.38. The van der Waals surface area contributed by atoms with Crippen molar-refractivity contribution in [2.45, 2.75) is 44.8 Å². The third-order valence-electron chi connectivity index (χ3n) is 4.24. The van der Waals surface area contributed by atoms with Crippen LogP contribution in [0.4, 0.5) is 0 Å². The number of carbonyl (C=O) groups is 2. The van der Waals surface area contributed by atoms with E-state index in [0.717, 1.165) is 29.7 Å². The maximum atomic E-state index is 12.2. The molecule has 5 heteroatoms. The molecule has 1 aliphatic heterocycles. The number of hydrogen-bond acceptors (Lipinski definition) is 5. The quantitative estimate of drug-likeness (QED) is 0.773. The normalized spacial score (nSPS) is 28.1. The van der Waals surface area contributed by atoms with Crippen molar-refractivity contribution in [1.29, 1.82) is 0 Å². The van der Waals surface area contributed by atoms with Gasteiger partial charge in [0, 0.05) is 30.7 Å². The SMILES string of the molecule is CCOCCOC1C=C2NC3CCCC(=O)C3=C2CC1=O. The first-order chi connectivity index (χ1) is 10.2. The molecule has 1 fully saturated rings. The Morgan fingerprint density at radius 3 is 3.00 bits per heavy atom. The topological polar surface area (TPSA) is 64.6 Å². The molecule has 0 radical (unpaired) electrons. The lowest BCUT2D eigenvalue weighted by molar-refractivity contribution is -0.128. The molecule has 0 saturated heterocycles. The summed E-state index contributed by atoms with van der Waals surface area (Å²) in [6.45, 7) is 3.46. The lowest BCUT2D eigenvalue weighted by Crippen LogP contribution is -2.32. The van der Waals surface area contributed by atoms with Gasteiger partial charge in [0.15, 0.2) is 11.6 Å². The average Bonchev–Trinajstić information content (AvgIpc) is 2.82. The van der Waals surface area contributed by atoms with Crippen LogP contribution in [0.5, 0.6) is 0 Å². The fraction of sp³-hybridized carbons (Fsp3) is 0.625. The minimum atomic E-state index is -0.521. The first-order valence-electron chi connectivity index (χ1n) is 7.67. The van der Waals surface area contributed by atoms with Crippen LogP contribution >= 0.6 is 0 Å². The van der Waals surface area contributed by atoms with Gasteiger partial charge in [0.2, 0.25) is 0 Å². The number of nitrogens with one attached hydrogen (secondary N) is 1. The lowest BCUT2D eigenvalue weighted by Gasteiger charge is -2.20. The van der Waals surface area contributed by atoms with E-state index in [0.29, 0.717) is 32.7 Å². The summed E-state index contributed by atoms with van der Waals surface area (Å²) >= 11 is 0. The highest BCUT2D eigenvalue weighted by Gasteiger charge is 2.39. The van der Waals surface area contributed by atoms with E-state index >= 15 is 0 Å². The van der Waals surface area contributed by atoms with Gasteiger partial charge >= 0.3 is 0 Å². The minimum absolute atomic E-state index is 0.0265. The number of rotatable bonds is 5. The van der Waals surface area contributed by atoms with Gasteiger partial charge in [0.1, 0.15) is 6.10 Å². The maximum absolute atomic E-state index is 12.2. The minimum Gasteiger partial charge on any atom is -0.379 e. The lowest BCUT2D eigenvalue weighted by atomic mass is 9.85. The number of ketones is 2. The Morgan fingerprint density at radius 1 is 1.33 bits per heavy atom. The molecule has 1 heterocycles. The van der Waals surface area contributed by atoms with E-state index in [1.807, 2.05) is 13.0 Å². The smallest absolute Gasteiger partial charge is 0.170 e. The molecule has 5 nitrogen and oxygen atoms in total. The average molecular weight is 291 g/mol. The van der Waals surface area contributed by atoms with Gasteiger partial charge in [-0.05, 0) is 31.4 Å². The van der Waals surface area contributed by atoms with Crippen LogP contribution in [0.2, 0.25) is 0 Å². The van der Waals surface area contributed by atoms with Crippen molar-refractivity contribution in [2.75, 3.05) is 19.8 Å². The molecule has 2 aliphatic carbocycles. The van der Waals surface area contributed by atoms with Gasteiger partial charge in [-0.3, -0.25) is 9.59 Å². The second-order valence-electron chi connectivity index (χ2n) is 5.62. The molecule has 1 saturated carbocycles. The van der Waals surface area contributed by atoms with Gasteiger partial charge in [-0.2, -0.15) is 0 Å². The van der Waals surface area contributed by atoms with Crippen LogP contribution in [0.25, 0.3) is 0 Å². The van der Waals surface area contributed by atoms with Gasteiger partial charge in [-0.25, -0.2) is 0 Å². The highest BCUT2D eigenvalue weighted by atomic mass is 16.5. The molecule has 21 heavy (non-hydrogen) atoms. The Hall–Kier alpha value is -1.46. The highest BCUT2D eigenvalue weighted by molar-refractivity contribution is 6.02. The molecule has 0 bridgehead atoms. The number of Topliss-reactive ketones (excluding diaryl/α,β-unsaturated/α-hetero) is 2. The Kier molecular flexibility index (Phi) is 4.22. The first kappa shape index (κ1) is 14.5. The van der Waals surface area contributed by atoms with Crippen LogP contribution in [0, 0.1) is 0 Å². The van der Waals surface area contributed by atoms with E-state index in [1.54, 1.807) is 0 Å². The van der Waals surface area contributed by atoms with Crippen LogP contribution in [0.1, 0.15) is 32.6 Å². The monoisotopic (exact) mass is 291 g/mol. The Bertz CT molecular complexity index is 520. The summed E-state index contributed by atoms with van der Waals surface area (Å²) in [4.78, 5) is 24.3. The Labute approximate surface area is 124 Å².